The molecule has 3 aromatic heterocycles. The van der Waals surface area contributed by atoms with E-state index in [1.807, 2.05) is 35.7 Å². The molecule has 4 aromatic rings. The predicted molar refractivity (Wildman–Crippen MR) is 89.2 cm³/mol. The van der Waals surface area contributed by atoms with Crippen LogP contribution in [0.15, 0.2) is 46.7 Å². The summed E-state index contributed by atoms with van der Waals surface area (Å²) in [4.78, 5) is 15.9. The lowest BCUT2D eigenvalue weighted by molar-refractivity contribution is 0.879. The fraction of sp³-hybridized carbons (Fsp3) is 0.0667. The highest BCUT2D eigenvalue weighted by Gasteiger charge is 2.07. The Kier molecular flexibility index (Phi) is 3.35. The second-order valence-corrected chi connectivity index (χ2v) is 6.03. The van der Waals surface area contributed by atoms with Gasteiger partial charge in [-0.25, -0.2) is 0 Å². The largest absolute Gasteiger partial charge is 0.324 e. The van der Waals surface area contributed by atoms with Crippen molar-refractivity contribution in [2.75, 3.05) is 5.32 Å². The third-order valence-corrected chi connectivity index (χ3v) is 4.27. The molecule has 0 aliphatic rings. The van der Waals surface area contributed by atoms with Gasteiger partial charge < -0.3 is 5.32 Å². The van der Waals surface area contributed by atoms with Crippen molar-refractivity contribution in [2.45, 2.75) is 6.42 Å². The molecule has 1 aromatic carbocycles. The normalized spacial score (nSPS) is 11.0. The molecule has 0 bridgehead atoms. The summed E-state index contributed by atoms with van der Waals surface area (Å²) in [7, 11) is 0. The summed E-state index contributed by atoms with van der Waals surface area (Å²) in [5, 5.41) is 21.0. The highest BCUT2D eigenvalue weighted by atomic mass is 32.1. The van der Waals surface area contributed by atoms with Crippen molar-refractivity contribution in [3.05, 3.63) is 62.8 Å². The molecule has 3 heterocycles. The molecule has 0 atom stereocenters. The van der Waals surface area contributed by atoms with Gasteiger partial charge in [-0.05, 0) is 29.6 Å². The van der Waals surface area contributed by atoms with Gasteiger partial charge in [0.25, 0.3) is 5.56 Å². The lowest BCUT2D eigenvalue weighted by atomic mass is 10.2. The van der Waals surface area contributed by atoms with Crippen LogP contribution >= 0.6 is 11.3 Å². The summed E-state index contributed by atoms with van der Waals surface area (Å²) in [6.45, 7) is 0. The molecule has 8 heteroatoms. The van der Waals surface area contributed by atoms with Crippen LogP contribution in [0.4, 0.5) is 11.6 Å². The number of anilines is 2. The molecular weight excluding hydrogens is 312 g/mol. The standard InChI is InChI=1S/C15H12N6OS/c22-14-13(7-11-2-1-5-23-11)20-21-15(18-14)17-10-4-3-9-8-16-19-12(9)6-10/h1-6,8H,7H2,(H,16,19)(H2,17,18,21,22). The summed E-state index contributed by atoms with van der Waals surface area (Å²) >= 11 is 1.59. The van der Waals surface area contributed by atoms with E-state index < -0.39 is 0 Å². The minimum Gasteiger partial charge on any atom is -0.324 e. The number of benzene rings is 1. The van der Waals surface area contributed by atoms with Crippen LogP contribution in [0.3, 0.4) is 0 Å². The lowest BCUT2D eigenvalue weighted by Gasteiger charge is -2.05. The summed E-state index contributed by atoms with van der Waals surface area (Å²) < 4.78 is 0. The van der Waals surface area contributed by atoms with Gasteiger partial charge in [-0.3, -0.25) is 14.9 Å². The van der Waals surface area contributed by atoms with E-state index in [-0.39, 0.29) is 5.56 Å². The quantitative estimate of drug-likeness (QED) is 0.535. The van der Waals surface area contributed by atoms with Crippen molar-refractivity contribution < 1.29 is 0 Å². The predicted octanol–water partition coefficient (Wildman–Crippen LogP) is 2.44. The zero-order valence-corrected chi connectivity index (χ0v) is 12.7. The molecule has 4 rings (SSSR count). The molecule has 0 saturated heterocycles. The molecule has 0 spiro atoms. The molecule has 0 aliphatic carbocycles. The Bertz CT molecular complexity index is 1000. The van der Waals surface area contributed by atoms with E-state index in [2.05, 4.69) is 30.7 Å². The number of rotatable bonds is 4. The van der Waals surface area contributed by atoms with E-state index in [4.69, 9.17) is 0 Å². The zero-order chi connectivity index (χ0) is 15.6. The summed E-state index contributed by atoms with van der Waals surface area (Å²) in [5.41, 5.74) is 1.86. The van der Waals surface area contributed by atoms with E-state index in [0.717, 1.165) is 21.5 Å². The first-order chi connectivity index (χ1) is 11.3. The maximum absolute atomic E-state index is 12.1. The van der Waals surface area contributed by atoms with Gasteiger partial charge in [-0.2, -0.15) is 5.10 Å². The van der Waals surface area contributed by atoms with Crippen LogP contribution in [0.2, 0.25) is 0 Å². The van der Waals surface area contributed by atoms with Crippen molar-refractivity contribution in [3.8, 4) is 0 Å². The third kappa shape index (κ3) is 2.84. The molecule has 0 aliphatic heterocycles. The van der Waals surface area contributed by atoms with Crippen LogP contribution in [0.1, 0.15) is 10.6 Å². The molecule has 23 heavy (non-hydrogen) atoms. The number of hydrogen-bond donors (Lipinski definition) is 3. The maximum Gasteiger partial charge on any atom is 0.274 e. The van der Waals surface area contributed by atoms with Crippen molar-refractivity contribution in [1.82, 2.24) is 25.4 Å². The first kappa shape index (κ1) is 13.6. The smallest absolute Gasteiger partial charge is 0.274 e. The van der Waals surface area contributed by atoms with Gasteiger partial charge in [0.1, 0.15) is 5.69 Å². The number of aromatic nitrogens is 5. The monoisotopic (exact) mass is 324 g/mol. The number of hydrogen-bond acceptors (Lipinski definition) is 6. The van der Waals surface area contributed by atoms with Crippen molar-refractivity contribution >= 4 is 33.9 Å². The van der Waals surface area contributed by atoms with Gasteiger partial charge in [-0.15, -0.1) is 21.5 Å². The first-order valence-corrected chi connectivity index (χ1v) is 7.84. The maximum atomic E-state index is 12.1. The Labute approximate surface area is 134 Å². The highest BCUT2D eigenvalue weighted by molar-refractivity contribution is 7.09. The van der Waals surface area contributed by atoms with Crippen LogP contribution < -0.4 is 10.9 Å². The van der Waals surface area contributed by atoms with Crippen LogP contribution in [-0.4, -0.2) is 25.4 Å². The lowest BCUT2D eigenvalue weighted by Crippen LogP contribution is -2.18. The van der Waals surface area contributed by atoms with Crippen LogP contribution in [-0.2, 0) is 6.42 Å². The molecule has 0 unspecified atom stereocenters. The van der Waals surface area contributed by atoms with E-state index >= 15 is 0 Å². The van der Waals surface area contributed by atoms with Gasteiger partial charge in [0.2, 0.25) is 5.95 Å². The fourth-order valence-corrected chi connectivity index (χ4v) is 2.97. The molecule has 114 valence electrons. The minimum absolute atomic E-state index is 0.237. The van der Waals surface area contributed by atoms with Gasteiger partial charge in [-0.1, -0.05) is 6.07 Å². The van der Waals surface area contributed by atoms with E-state index in [1.165, 1.54) is 0 Å². The Balaban J connectivity index is 1.57. The summed E-state index contributed by atoms with van der Waals surface area (Å²) in [6.07, 6.45) is 2.24. The summed E-state index contributed by atoms with van der Waals surface area (Å²) in [5.74, 6) is 0.309. The highest BCUT2D eigenvalue weighted by Crippen LogP contribution is 2.18. The number of thiophene rings is 1. The van der Waals surface area contributed by atoms with Crippen molar-refractivity contribution in [2.24, 2.45) is 0 Å². The van der Waals surface area contributed by atoms with E-state index in [9.17, 15) is 4.79 Å². The molecule has 3 N–H and O–H groups in total. The minimum atomic E-state index is -0.237. The van der Waals surface area contributed by atoms with Crippen LogP contribution in [0, 0.1) is 0 Å². The van der Waals surface area contributed by atoms with E-state index in [1.54, 1.807) is 17.5 Å². The fourth-order valence-electron chi connectivity index (χ4n) is 2.26. The Hall–Kier alpha value is -3.00. The Morgan fingerprint density at radius 3 is 3.00 bits per heavy atom. The summed E-state index contributed by atoms with van der Waals surface area (Å²) in [6, 6.07) is 9.62. The van der Waals surface area contributed by atoms with Gasteiger partial charge in [0, 0.05) is 22.4 Å². The van der Waals surface area contributed by atoms with Crippen molar-refractivity contribution in [1.29, 1.82) is 0 Å². The number of H-pyrrole nitrogens is 2. The number of nitrogens with one attached hydrogen (secondary N) is 3. The molecule has 0 amide bonds. The van der Waals surface area contributed by atoms with Crippen LogP contribution in [0.5, 0.6) is 0 Å². The van der Waals surface area contributed by atoms with E-state index in [0.29, 0.717) is 18.1 Å². The van der Waals surface area contributed by atoms with Gasteiger partial charge in [0.15, 0.2) is 0 Å². The average molecular weight is 324 g/mol. The molecular formula is C15H12N6OS. The number of fused-ring (bicyclic) bond motifs is 1. The SMILES string of the molecule is O=c1[nH]c(Nc2ccc3cn[nH]c3c2)nnc1Cc1cccs1. The molecule has 0 radical (unpaired) electrons. The Morgan fingerprint density at radius 2 is 2.17 bits per heavy atom. The molecule has 0 saturated carbocycles. The number of nitrogens with zero attached hydrogens (tertiary/aromatic N) is 3. The van der Waals surface area contributed by atoms with Crippen molar-refractivity contribution in [3.63, 3.8) is 0 Å². The van der Waals surface area contributed by atoms with Gasteiger partial charge >= 0.3 is 0 Å². The van der Waals surface area contributed by atoms with Gasteiger partial charge in [0.05, 0.1) is 11.7 Å². The second-order valence-electron chi connectivity index (χ2n) is 5.00. The first-order valence-electron chi connectivity index (χ1n) is 6.96. The third-order valence-electron chi connectivity index (χ3n) is 3.39. The van der Waals surface area contributed by atoms with Crippen LogP contribution in [0.25, 0.3) is 10.9 Å². The number of aromatic amines is 2. The average Bonchev–Trinajstić information content (AvgIpc) is 3.21. The topological polar surface area (TPSA) is 99.3 Å². The zero-order valence-electron chi connectivity index (χ0n) is 11.9. The second kappa shape index (κ2) is 5.65. The Morgan fingerprint density at radius 1 is 1.22 bits per heavy atom. The molecule has 0 fully saturated rings. The molecule has 7 nitrogen and oxygen atoms in total.